The van der Waals surface area contributed by atoms with Crippen molar-refractivity contribution in [1.82, 2.24) is 19.5 Å². The van der Waals surface area contributed by atoms with Gasteiger partial charge in [-0.05, 0) is 40.8 Å². The molecular formula is C14H12ClIN4O. The van der Waals surface area contributed by atoms with E-state index in [0.717, 1.165) is 20.7 Å². The largest absolute Gasteiger partial charge is 0.479 e. The summed E-state index contributed by atoms with van der Waals surface area (Å²) in [6.45, 7) is 0. The number of hydrogen-bond donors (Lipinski definition) is 0. The lowest BCUT2D eigenvalue weighted by Crippen LogP contribution is -2.03. The fraction of sp³-hybridized carbons (Fsp3) is 0.214. The van der Waals surface area contributed by atoms with E-state index in [1.54, 1.807) is 7.11 Å². The third-order valence-electron chi connectivity index (χ3n) is 3.06. The fourth-order valence-corrected chi connectivity index (χ4v) is 2.90. The van der Waals surface area contributed by atoms with E-state index in [1.165, 1.54) is 6.33 Å². The van der Waals surface area contributed by atoms with Crippen molar-refractivity contribution in [3.63, 3.8) is 0 Å². The molecule has 0 saturated carbocycles. The van der Waals surface area contributed by atoms with Gasteiger partial charge in [-0.15, -0.1) is 11.6 Å². The van der Waals surface area contributed by atoms with Crippen LogP contribution < -0.4 is 4.74 Å². The molecule has 2 heterocycles. The van der Waals surface area contributed by atoms with Gasteiger partial charge in [0.05, 0.1) is 7.11 Å². The summed E-state index contributed by atoms with van der Waals surface area (Å²) in [6, 6.07) is 8.15. The van der Waals surface area contributed by atoms with Crippen LogP contribution in [0.4, 0.5) is 0 Å². The number of ether oxygens (including phenoxy) is 1. The van der Waals surface area contributed by atoms with Crippen molar-refractivity contribution >= 4 is 45.4 Å². The van der Waals surface area contributed by atoms with E-state index in [2.05, 4.69) is 43.6 Å². The number of aromatic nitrogens is 4. The standard InChI is InChI=1S/C14H12ClIN4O/c1-21-14-12-13(17-8-18-14)20(11(19-12)5-6-15)10-4-2-3-9(16)7-10/h2-4,7-8H,5-6H2,1H3. The van der Waals surface area contributed by atoms with Gasteiger partial charge in [0.25, 0.3) is 0 Å². The van der Waals surface area contributed by atoms with E-state index in [-0.39, 0.29) is 0 Å². The molecule has 0 N–H and O–H groups in total. The number of aryl methyl sites for hydroxylation is 1. The number of alkyl halides is 1. The van der Waals surface area contributed by atoms with Gasteiger partial charge in [-0.25, -0.2) is 9.97 Å². The molecule has 5 nitrogen and oxygen atoms in total. The first-order chi connectivity index (χ1) is 10.2. The highest BCUT2D eigenvalue weighted by atomic mass is 127. The number of halogens is 2. The minimum absolute atomic E-state index is 0.472. The maximum Gasteiger partial charge on any atom is 0.245 e. The number of fused-ring (bicyclic) bond motifs is 1. The maximum atomic E-state index is 5.91. The molecule has 7 heteroatoms. The van der Waals surface area contributed by atoms with Crippen LogP contribution >= 0.6 is 34.2 Å². The van der Waals surface area contributed by atoms with Crippen molar-refractivity contribution in [2.24, 2.45) is 0 Å². The van der Waals surface area contributed by atoms with E-state index < -0.39 is 0 Å². The predicted molar refractivity (Wildman–Crippen MR) is 90.4 cm³/mol. The van der Waals surface area contributed by atoms with Crippen molar-refractivity contribution in [3.05, 3.63) is 40.0 Å². The van der Waals surface area contributed by atoms with Crippen LogP contribution in [0.3, 0.4) is 0 Å². The molecule has 0 aliphatic carbocycles. The monoisotopic (exact) mass is 414 g/mol. The summed E-state index contributed by atoms with van der Waals surface area (Å²) >= 11 is 8.19. The van der Waals surface area contributed by atoms with Gasteiger partial charge in [0.15, 0.2) is 11.2 Å². The van der Waals surface area contributed by atoms with Crippen LogP contribution in [0.1, 0.15) is 5.82 Å². The Morgan fingerprint density at radius 3 is 2.90 bits per heavy atom. The number of nitrogens with zero attached hydrogens (tertiary/aromatic N) is 4. The average Bonchev–Trinajstić information content (AvgIpc) is 2.85. The molecule has 0 atom stereocenters. The Morgan fingerprint density at radius 2 is 2.19 bits per heavy atom. The highest BCUT2D eigenvalue weighted by Gasteiger charge is 2.17. The summed E-state index contributed by atoms with van der Waals surface area (Å²) in [5, 5.41) is 0. The van der Waals surface area contributed by atoms with E-state index in [1.807, 2.05) is 22.8 Å². The fourth-order valence-electron chi connectivity index (χ4n) is 2.20. The average molecular weight is 415 g/mol. The molecule has 0 unspecified atom stereocenters. The molecule has 1 aromatic carbocycles. The van der Waals surface area contributed by atoms with Crippen LogP contribution in [0.15, 0.2) is 30.6 Å². The first-order valence-electron chi connectivity index (χ1n) is 6.33. The SMILES string of the molecule is COc1ncnc2c1nc(CCCl)n2-c1cccc(I)c1. The Bertz CT molecular complexity index is 790. The third kappa shape index (κ3) is 2.69. The van der Waals surface area contributed by atoms with Crippen molar-refractivity contribution in [3.8, 4) is 11.6 Å². The minimum Gasteiger partial charge on any atom is -0.479 e. The van der Waals surface area contributed by atoms with Gasteiger partial charge in [-0.3, -0.25) is 4.57 Å². The van der Waals surface area contributed by atoms with Gasteiger partial charge >= 0.3 is 0 Å². The lowest BCUT2D eigenvalue weighted by atomic mass is 10.3. The Labute approximate surface area is 140 Å². The van der Waals surface area contributed by atoms with Gasteiger partial charge in [-0.2, -0.15) is 4.98 Å². The Kier molecular flexibility index (Phi) is 4.25. The zero-order valence-corrected chi connectivity index (χ0v) is 14.2. The van der Waals surface area contributed by atoms with Gasteiger partial charge < -0.3 is 4.74 Å². The van der Waals surface area contributed by atoms with E-state index in [0.29, 0.717) is 23.7 Å². The number of imidazole rings is 1. The lowest BCUT2D eigenvalue weighted by molar-refractivity contribution is 0.401. The van der Waals surface area contributed by atoms with E-state index in [9.17, 15) is 0 Å². The summed E-state index contributed by atoms with van der Waals surface area (Å²) in [5.74, 6) is 1.81. The number of rotatable bonds is 4. The van der Waals surface area contributed by atoms with Crippen LogP contribution in [-0.2, 0) is 6.42 Å². The molecule has 0 fully saturated rings. The van der Waals surface area contributed by atoms with Gasteiger partial charge in [0, 0.05) is 21.6 Å². The normalized spacial score (nSPS) is 11.0. The topological polar surface area (TPSA) is 52.8 Å². The highest BCUT2D eigenvalue weighted by molar-refractivity contribution is 14.1. The molecule has 0 amide bonds. The molecule has 0 aliphatic rings. The Morgan fingerprint density at radius 1 is 1.33 bits per heavy atom. The Hall–Kier alpha value is -1.41. The number of methoxy groups -OCH3 is 1. The predicted octanol–water partition coefficient (Wildman–Crippen LogP) is 3.21. The quantitative estimate of drug-likeness (QED) is 0.486. The Balaban J connectivity index is 2.31. The molecule has 0 aliphatic heterocycles. The summed E-state index contributed by atoms with van der Waals surface area (Å²) in [7, 11) is 1.58. The van der Waals surface area contributed by atoms with Crippen LogP contribution in [0.2, 0.25) is 0 Å². The van der Waals surface area contributed by atoms with Crippen molar-refractivity contribution in [1.29, 1.82) is 0 Å². The van der Waals surface area contributed by atoms with Crippen LogP contribution in [0, 0.1) is 3.57 Å². The summed E-state index contributed by atoms with van der Waals surface area (Å²) in [4.78, 5) is 13.1. The third-order valence-corrected chi connectivity index (χ3v) is 3.92. The molecule has 0 bridgehead atoms. The van der Waals surface area contributed by atoms with E-state index in [4.69, 9.17) is 16.3 Å². The number of benzene rings is 1. The first kappa shape index (κ1) is 14.5. The van der Waals surface area contributed by atoms with Crippen molar-refractivity contribution < 1.29 is 4.74 Å². The zero-order chi connectivity index (χ0) is 14.8. The van der Waals surface area contributed by atoms with Crippen LogP contribution in [0.25, 0.3) is 16.9 Å². The second-order valence-corrected chi connectivity index (χ2v) is 5.96. The van der Waals surface area contributed by atoms with Gasteiger partial charge in [0.2, 0.25) is 5.88 Å². The minimum atomic E-state index is 0.472. The number of hydrogen-bond acceptors (Lipinski definition) is 4. The molecule has 2 aromatic heterocycles. The molecular weight excluding hydrogens is 403 g/mol. The van der Waals surface area contributed by atoms with Gasteiger partial charge in [0.1, 0.15) is 12.2 Å². The molecule has 0 spiro atoms. The van der Waals surface area contributed by atoms with Crippen molar-refractivity contribution in [2.75, 3.05) is 13.0 Å². The molecule has 108 valence electrons. The second-order valence-electron chi connectivity index (χ2n) is 4.34. The summed E-state index contributed by atoms with van der Waals surface area (Å²) in [5.41, 5.74) is 2.38. The summed E-state index contributed by atoms with van der Waals surface area (Å²) in [6.07, 6.45) is 2.13. The molecule has 0 radical (unpaired) electrons. The molecule has 0 saturated heterocycles. The molecule has 3 aromatic rings. The highest BCUT2D eigenvalue weighted by Crippen LogP contribution is 2.26. The van der Waals surface area contributed by atoms with Crippen molar-refractivity contribution in [2.45, 2.75) is 6.42 Å². The first-order valence-corrected chi connectivity index (χ1v) is 7.94. The zero-order valence-electron chi connectivity index (χ0n) is 11.3. The maximum absolute atomic E-state index is 5.91. The van der Waals surface area contributed by atoms with Crippen LogP contribution in [0.5, 0.6) is 5.88 Å². The lowest BCUT2D eigenvalue weighted by Gasteiger charge is -2.08. The molecule has 21 heavy (non-hydrogen) atoms. The van der Waals surface area contributed by atoms with Gasteiger partial charge in [-0.1, -0.05) is 6.07 Å². The van der Waals surface area contributed by atoms with E-state index >= 15 is 0 Å². The smallest absolute Gasteiger partial charge is 0.245 e. The second kappa shape index (κ2) is 6.15. The molecule has 3 rings (SSSR count). The van der Waals surface area contributed by atoms with Crippen LogP contribution in [-0.4, -0.2) is 32.5 Å². The summed E-state index contributed by atoms with van der Waals surface area (Å²) < 4.78 is 8.42.